The van der Waals surface area contributed by atoms with Gasteiger partial charge in [0.15, 0.2) is 6.23 Å². The van der Waals surface area contributed by atoms with Gasteiger partial charge >= 0.3 is 28.9 Å². The van der Waals surface area contributed by atoms with Gasteiger partial charge in [-0.1, -0.05) is 42.5 Å². The smallest absolute Gasteiger partial charge is 0.387 e. The van der Waals surface area contributed by atoms with E-state index in [0.29, 0.717) is 10.9 Å². The minimum Gasteiger partial charge on any atom is -0.387 e. The zero-order valence-electron chi connectivity index (χ0n) is 19.6. The van der Waals surface area contributed by atoms with Crippen LogP contribution in [0.25, 0.3) is 10.8 Å². The van der Waals surface area contributed by atoms with Crippen molar-refractivity contribution in [1.29, 1.82) is 0 Å². The van der Waals surface area contributed by atoms with Crippen molar-refractivity contribution in [3.63, 3.8) is 0 Å². The van der Waals surface area contributed by atoms with Crippen molar-refractivity contribution in [2.45, 2.75) is 30.7 Å². The number of phosphoric ester groups is 1. The number of fused-ring (bicyclic) bond motifs is 1. The summed E-state index contributed by atoms with van der Waals surface area (Å²) in [6, 6.07) is 12.6. The van der Waals surface area contributed by atoms with Crippen LogP contribution in [-0.4, -0.2) is 59.4 Å². The van der Waals surface area contributed by atoms with Crippen LogP contribution < -0.4 is 11.2 Å². The largest absolute Gasteiger partial charge is 0.488 e. The molecule has 0 amide bonds. The minimum absolute atomic E-state index is 0.296. The fourth-order valence-corrected chi connectivity index (χ4v) is 8.08. The number of nitrogens with one attached hydrogen (secondary N) is 1. The Balaban J connectivity index is 1.38. The lowest BCUT2D eigenvalue weighted by Crippen LogP contribution is -2.37. The lowest BCUT2D eigenvalue weighted by Gasteiger charge is -2.20. The third-order valence-corrected chi connectivity index (χ3v) is 10.3. The number of aromatic amines is 1. The van der Waals surface area contributed by atoms with Gasteiger partial charge in [0.2, 0.25) is 0 Å². The van der Waals surface area contributed by atoms with Gasteiger partial charge in [-0.15, -0.1) is 0 Å². The Morgan fingerprint density at radius 1 is 0.897 bits per heavy atom. The Hall–Kier alpha value is -2.29. The van der Waals surface area contributed by atoms with E-state index in [0.717, 1.165) is 22.2 Å². The molecule has 7 atom stereocenters. The first kappa shape index (κ1) is 29.7. The molecule has 2 heterocycles. The Labute approximate surface area is 218 Å². The van der Waals surface area contributed by atoms with E-state index in [2.05, 4.69) is 13.1 Å². The maximum absolute atomic E-state index is 12.6. The number of nitrogens with zero attached hydrogens (tertiary/aromatic N) is 1. The van der Waals surface area contributed by atoms with E-state index in [1.54, 1.807) is 36.4 Å². The normalized spacial score (nSPS) is 26.1. The predicted molar refractivity (Wildman–Crippen MR) is 132 cm³/mol. The van der Waals surface area contributed by atoms with Crippen LogP contribution in [0.3, 0.4) is 0 Å². The molecule has 0 aliphatic carbocycles. The summed E-state index contributed by atoms with van der Waals surface area (Å²) in [6.07, 6.45) is -6.35. The molecule has 1 saturated heterocycles. The third-order valence-electron chi connectivity index (χ3n) is 5.55. The quantitative estimate of drug-likeness (QED) is 0.176. The van der Waals surface area contributed by atoms with Gasteiger partial charge in [-0.25, -0.2) is 18.2 Å². The number of ether oxygens (including phenoxy) is 1. The van der Waals surface area contributed by atoms with Crippen molar-refractivity contribution in [2.75, 3.05) is 6.61 Å². The summed E-state index contributed by atoms with van der Waals surface area (Å²) >= 11 is 0. The summed E-state index contributed by atoms with van der Waals surface area (Å²) in [6.45, 7) is -1.01. The van der Waals surface area contributed by atoms with E-state index >= 15 is 0 Å². The highest BCUT2D eigenvalue weighted by atomic mass is 31.3. The Morgan fingerprint density at radius 2 is 1.59 bits per heavy atom. The zero-order chi connectivity index (χ0) is 28.6. The van der Waals surface area contributed by atoms with Crippen LogP contribution in [0.1, 0.15) is 11.8 Å². The second kappa shape index (κ2) is 11.3. The lowest BCUT2D eigenvalue weighted by molar-refractivity contribution is -0.0542. The first-order chi connectivity index (χ1) is 18.2. The molecule has 0 radical (unpaired) electrons. The summed E-state index contributed by atoms with van der Waals surface area (Å²) in [5.41, 5.74) is -1.42. The molecule has 0 saturated carbocycles. The number of benzene rings is 2. The van der Waals surface area contributed by atoms with E-state index in [1.807, 2.05) is 4.98 Å². The molecule has 0 bridgehead atoms. The van der Waals surface area contributed by atoms with Gasteiger partial charge in [0.1, 0.15) is 18.3 Å². The molecule has 1 aliphatic rings. The summed E-state index contributed by atoms with van der Waals surface area (Å²) in [4.78, 5) is 55.0. The fourth-order valence-electron chi connectivity index (χ4n) is 3.90. The van der Waals surface area contributed by atoms with E-state index in [1.165, 1.54) is 6.07 Å². The van der Waals surface area contributed by atoms with Gasteiger partial charge in [-0.2, -0.15) is 4.31 Å². The predicted octanol–water partition coefficient (Wildman–Crippen LogP) is 0.945. The van der Waals surface area contributed by atoms with Crippen LogP contribution >= 0.6 is 23.2 Å². The van der Waals surface area contributed by atoms with Crippen molar-refractivity contribution in [3.05, 3.63) is 81.1 Å². The number of H-pyrrole nitrogens is 1. The summed E-state index contributed by atoms with van der Waals surface area (Å²) in [5.74, 6) is 0. The molecule has 1 fully saturated rings. The van der Waals surface area contributed by atoms with Crippen molar-refractivity contribution in [3.8, 4) is 0 Å². The molecule has 2 aromatic carbocycles. The number of aliphatic hydroxyl groups excluding tert-OH is 2. The first-order valence-corrected chi connectivity index (χ1v) is 15.8. The van der Waals surface area contributed by atoms with Crippen molar-refractivity contribution in [1.82, 2.24) is 9.55 Å². The molecule has 0 spiro atoms. The molecule has 16 nitrogen and oxygen atoms in total. The highest BCUT2D eigenvalue weighted by Crippen LogP contribution is 2.68. The third kappa shape index (κ3) is 7.27. The Kier molecular flexibility index (Phi) is 8.60. The maximum atomic E-state index is 12.6. The van der Waals surface area contributed by atoms with Gasteiger partial charge in [0.25, 0.3) is 5.56 Å². The number of hydrogen-bond acceptors (Lipinski definition) is 11. The zero-order valence-corrected chi connectivity index (χ0v) is 22.3. The highest BCUT2D eigenvalue weighted by molar-refractivity contribution is 7.68. The maximum Gasteiger partial charge on any atom is 0.488 e. The molecule has 7 unspecified atom stereocenters. The average molecular weight is 608 g/mol. The van der Waals surface area contributed by atoms with Gasteiger partial charge in [0.05, 0.1) is 12.8 Å². The average Bonchev–Trinajstić information content (AvgIpc) is 3.10. The standard InChI is InChI=1S/C20H23N2O14P3/c23-16-8-9-22(20(26)21-16)19-18(25)17(24)15(34-19)10-33-38(29,30)36-39(31,32)35-37(27,28)11-13-6-3-5-12-4-1-2-7-14(12)13/h1-9,15,17-19,24-25H,10-11H2,(H,27,28)(H,29,30)(H,31,32)(H,21,23,26). The number of rotatable bonds is 10. The molecule has 1 aromatic heterocycles. The van der Waals surface area contributed by atoms with E-state index in [9.17, 15) is 48.2 Å². The topological polar surface area (TPSA) is 244 Å². The monoisotopic (exact) mass is 608 g/mol. The van der Waals surface area contributed by atoms with E-state index in [4.69, 9.17) is 4.74 Å². The van der Waals surface area contributed by atoms with E-state index < -0.39 is 71.8 Å². The fraction of sp³-hybridized carbons (Fsp3) is 0.300. The van der Waals surface area contributed by atoms with Crippen LogP contribution in [0.4, 0.5) is 0 Å². The molecular weight excluding hydrogens is 585 g/mol. The second-order valence-corrected chi connectivity index (χ2v) is 13.4. The molecular formula is C20H23N2O14P3. The van der Waals surface area contributed by atoms with Crippen molar-refractivity contribution < 1.29 is 56.5 Å². The Morgan fingerprint density at radius 3 is 2.31 bits per heavy atom. The van der Waals surface area contributed by atoms with Crippen LogP contribution in [0.15, 0.2) is 64.3 Å². The van der Waals surface area contributed by atoms with Gasteiger partial charge < -0.3 is 29.6 Å². The number of phosphoric acid groups is 2. The molecule has 6 N–H and O–H groups in total. The van der Waals surface area contributed by atoms with Crippen LogP contribution in [0.2, 0.25) is 0 Å². The lowest BCUT2D eigenvalue weighted by atomic mass is 10.1. The molecule has 19 heteroatoms. The summed E-state index contributed by atoms with van der Waals surface area (Å²) < 4.78 is 56.1. The molecule has 39 heavy (non-hydrogen) atoms. The molecule has 212 valence electrons. The van der Waals surface area contributed by atoms with Gasteiger partial charge in [0, 0.05) is 12.3 Å². The minimum atomic E-state index is -5.68. The van der Waals surface area contributed by atoms with E-state index in [-0.39, 0.29) is 0 Å². The molecule has 4 rings (SSSR count). The van der Waals surface area contributed by atoms with Crippen molar-refractivity contribution >= 4 is 34.0 Å². The molecule has 3 aromatic rings. The number of aromatic nitrogens is 2. The van der Waals surface area contributed by atoms with Gasteiger partial charge in [-0.3, -0.25) is 23.4 Å². The molecule has 1 aliphatic heterocycles. The first-order valence-electron chi connectivity index (χ1n) is 11.0. The second-order valence-electron chi connectivity index (χ2n) is 8.39. The van der Waals surface area contributed by atoms with Crippen molar-refractivity contribution in [2.24, 2.45) is 0 Å². The van der Waals surface area contributed by atoms with Crippen LogP contribution in [-0.2, 0) is 37.7 Å². The highest BCUT2D eigenvalue weighted by Gasteiger charge is 2.46. The van der Waals surface area contributed by atoms with Crippen LogP contribution in [0, 0.1) is 0 Å². The Bertz CT molecular complexity index is 1620. The number of aliphatic hydroxyl groups is 2. The van der Waals surface area contributed by atoms with Crippen LogP contribution in [0.5, 0.6) is 0 Å². The van der Waals surface area contributed by atoms with Gasteiger partial charge in [-0.05, 0) is 16.3 Å². The SMILES string of the molecule is O=c1ccn(C2OC(COP(=O)(O)OP(=O)(O)OP(=O)(O)Cc3cccc4ccccc34)C(O)C2O)c(=O)[nH]1. The number of hydrogen-bond donors (Lipinski definition) is 6. The summed E-state index contributed by atoms with van der Waals surface area (Å²) in [7, 11) is -16.1. The summed E-state index contributed by atoms with van der Waals surface area (Å²) in [5, 5.41) is 21.7.